The molecule has 0 aromatic heterocycles. The summed E-state index contributed by atoms with van der Waals surface area (Å²) in [6.07, 6.45) is 0. The molecule has 1 N–H and O–H groups in total. The van der Waals surface area contributed by atoms with Gasteiger partial charge in [-0.2, -0.15) is 0 Å². The topological polar surface area (TPSA) is 46.2 Å². The predicted octanol–water partition coefficient (Wildman–Crippen LogP) is 5.75. The molecule has 21 heavy (non-hydrogen) atoms. The first-order valence-electron chi connectivity index (χ1n) is 5.33. The molecule has 0 spiro atoms. The van der Waals surface area contributed by atoms with Crippen molar-refractivity contribution in [1.82, 2.24) is 0 Å². The van der Waals surface area contributed by atoms with Crippen molar-refractivity contribution in [2.24, 2.45) is 0 Å². The average molecular weight is 406 g/mol. The number of nitrogens with one attached hydrogen (secondary N) is 1. The minimum Gasteiger partial charge on any atom is -0.280 e. The first kappa shape index (κ1) is 17.0. The van der Waals surface area contributed by atoms with Gasteiger partial charge in [-0.15, -0.1) is 0 Å². The highest BCUT2D eigenvalue weighted by atomic mass is 35.5. The zero-order chi connectivity index (χ0) is 15.8. The Morgan fingerprint density at radius 1 is 0.714 bits per heavy atom. The fraction of sp³-hybridized carbons (Fsp3) is 0. The lowest BCUT2D eigenvalue weighted by Gasteiger charge is -2.11. The maximum atomic E-state index is 12.3. The van der Waals surface area contributed by atoms with Gasteiger partial charge in [0.25, 0.3) is 10.0 Å². The Bertz CT molecular complexity index is 808. The lowest BCUT2D eigenvalue weighted by atomic mass is 10.3. The van der Waals surface area contributed by atoms with Crippen LogP contribution in [-0.2, 0) is 10.0 Å². The number of hydrogen-bond donors (Lipinski definition) is 1. The molecule has 0 radical (unpaired) electrons. The summed E-state index contributed by atoms with van der Waals surface area (Å²) in [7, 11) is -3.94. The molecule has 0 aliphatic carbocycles. The summed E-state index contributed by atoms with van der Waals surface area (Å²) >= 11 is 29.1. The summed E-state index contributed by atoms with van der Waals surface area (Å²) in [5, 5.41) is 0.729. The number of hydrogen-bond acceptors (Lipinski definition) is 2. The Morgan fingerprint density at radius 2 is 1.29 bits per heavy atom. The monoisotopic (exact) mass is 403 g/mol. The zero-order valence-corrected chi connectivity index (χ0v) is 14.6. The van der Waals surface area contributed by atoms with Crippen LogP contribution in [0.25, 0.3) is 0 Å². The third-order valence-electron chi connectivity index (χ3n) is 2.44. The standard InChI is InChI=1S/C12H6Cl5NO2S/c13-7-2-1-6(3-8(7)14)18-21(19,20)12-5-10(16)9(15)4-11(12)17/h1-5,18H. The highest BCUT2D eigenvalue weighted by Crippen LogP contribution is 2.33. The largest absolute Gasteiger partial charge is 0.280 e. The van der Waals surface area contributed by atoms with Crippen molar-refractivity contribution in [2.75, 3.05) is 4.72 Å². The number of rotatable bonds is 3. The normalized spacial score (nSPS) is 11.5. The van der Waals surface area contributed by atoms with E-state index in [1.54, 1.807) is 0 Å². The second kappa shape index (κ2) is 6.41. The molecular weight excluding hydrogens is 399 g/mol. The molecule has 0 bridgehead atoms. The van der Waals surface area contributed by atoms with E-state index in [2.05, 4.69) is 4.72 Å². The number of halogens is 5. The highest BCUT2D eigenvalue weighted by molar-refractivity contribution is 7.92. The Balaban J connectivity index is 2.43. The molecular formula is C12H6Cl5NO2S. The van der Waals surface area contributed by atoms with Crippen LogP contribution in [0.15, 0.2) is 35.2 Å². The van der Waals surface area contributed by atoms with Crippen molar-refractivity contribution in [3.63, 3.8) is 0 Å². The van der Waals surface area contributed by atoms with Crippen LogP contribution in [0.3, 0.4) is 0 Å². The van der Waals surface area contributed by atoms with Crippen LogP contribution < -0.4 is 4.72 Å². The lowest BCUT2D eigenvalue weighted by molar-refractivity contribution is 0.601. The Kier molecular flexibility index (Phi) is 5.19. The summed E-state index contributed by atoms with van der Waals surface area (Å²) in [5.41, 5.74) is 0.242. The van der Waals surface area contributed by atoms with Crippen molar-refractivity contribution < 1.29 is 8.42 Å². The van der Waals surface area contributed by atoms with Crippen LogP contribution >= 0.6 is 58.0 Å². The Labute approximate surface area is 146 Å². The second-order valence-corrected chi connectivity index (χ2v) is 7.62. The molecule has 0 fully saturated rings. The molecule has 0 saturated carbocycles. The van der Waals surface area contributed by atoms with E-state index in [4.69, 9.17) is 58.0 Å². The summed E-state index contributed by atoms with van der Waals surface area (Å²) in [4.78, 5) is -0.190. The van der Waals surface area contributed by atoms with Crippen molar-refractivity contribution in [2.45, 2.75) is 4.90 Å². The van der Waals surface area contributed by atoms with Crippen molar-refractivity contribution >= 4 is 73.7 Å². The summed E-state index contributed by atoms with van der Waals surface area (Å²) in [6.45, 7) is 0. The van der Waals surface area contributed by atoms with Crippen LogP contribution in [0.1, 0.15) is 0 Å². The molecule has 0 unspecified atom stereocenters. The molecule has 0 saturated heterocycles. The molecule has 2 rings (SSSR count). The van der Waals surface area contributed by atoms with Gasteiger partial charge in [-0.25, -0.2) is 8.42 Å². The van der Waals surface area contributed by atoms with E-state index in [9.17, 15) is 8.42 Å². The van der Waals surface area contributed by atoms with Crippen LogP contribution in [0.4, 0.5) is 5.69 Å². The molecule has 0 aliphatic rings. The van der Waals surface area contributed by atoms with Gasteiger partial charge in [0, 0.05) is 0 Å². The van der Waals surface area contributed by atoms with Gasteiger partial charge >= 0.3 is 0 Å². The first-order chi connectivity index (χ1) is 9.70. The van der Waals surface area contributed by atoms with E-state index >= 15 is 0 Å². The fourth-order valence-corrected chi connectivity index (χ4v) is 3.83. The van der Waals surface area contributed by atoms with Crippen molar-refractivity contribution in [3.05, 3.63) is 55.4 Å². The number of sulfonamides is 1. The van der Waals surface area contributed by atoms with Crippen molar-refractivity contribution in [1.29, 1.82) is 0 Å². The molecule has 0 aliphatic heterocycles. The smallest absolute Gasteiger partial charge is 0.263 e. The minimum atomic E-state index is -3.94. The van der Waals surface area contributed by atoms with Crippen LogP contribution in [-0.4, -0.2) is 8.42 Å². The van der Waals surface area contributed by atoms with Crippen molar-refractivity contribution in [3.8, 4) is 0 Å². The van der Waals surface area contributed by atoms with Gasteiger partial charge in [0.1, 0.15) is 4.90 Å². The Morgan fingerprint density at radius 3 is 1.90 bits per heavy atom. The summed E-state index contributed by atoms with van der Waals surface area (Å²) in [6, 6.07) is 6.75. The highest BCUT2D eigenvalue weighted by Gasteiger charge is 2.20. The molecule has 0 atom stereocenters. The Hall–Kier alpha value is -0.360. The van der Waals surface area contributed by atoms with E-state index < -0.39 is 10.0 Å². The minimum absolute atomic E-state index is 0.0445. The van der Waals surface area contributed by atoms with E-state index in [1.807, 2.05) is 0 Å². The zero-order valence-electron chi connectivity index (χ0n) is 10.0. The van der Waals surface area contributed by atoms with E-state index in [0.29, 0.717) is 5.02 Å². The van der Waals surface area contributed by atoms with Gasteiger partial charge in [-0.05, 0) is 30.3 Å². The van der Waals surface area contributed by atoms with Gasteiger partial charge in [0.05, 0.1) is 30.8 Å². The molecule has 0 amide bonds. The first-order valence-corrected chi connectivity index (χ1v) is 8.70. The van der Waals surface area contributed by atoms with Crippen LogP contribution in [0.2, 0.25) is 25.1 Å². The maximum Gasteiger partial charge on any atom is 0.263 e. The van der Waals surface area contributed by atoms with Crippen LogP contribution in [0.5, 0.6) is 0 Å². The van der Waals surface area contributed by atoms with Gasteiger partial charge in [-0.1, -0.05) is 58.0 Å². The molecule has 3 nitrogen and oxygen atoms in total. The van der Waals surface area contributed by atoms with Crippen LogP contribution in [0, 0.1) is 0 Å². The molecule has 2 aromatic carbocycles. The number of anilines is 1. The van der Waals surface area contributed by atoms with Gasteiger partial charge in [0.15, 0.2) is 0 Å². The molecule has 9 heteroatoms. The average Bonchev–Trinajstić information content (AvgIpc) is 2.37. The quantitative estimate of drug-likeness (QED) is 0.661. The van der Waals surface area contributed by atoms with Gasteiger partial charge < -0.3 is 0 Å². The number of benzene rings is 2. The lowest BCUT2D eigenvalue weighted by Crippen LogP contribution is -2.13. The fourth-order valence-electron chi connectivity index (χ4n) is 1.48. The molecule has 112 valence electrons. The van der Waals surface area contributed by atoms with E-state index in [0.717, 1.165) is 0 Å². The maximum absolute atomic E-state index is 12.3. The molecule has 0 heterocycles. The van der Waals surface area contributed by atoms with E-state index in [-0.39, 0.29) is 30.7 Å². The summed E-state index contributed by atoms with van der Waals surface area (Å²) in [5.74, 6) is 0. The summed E-state index contributed by atoms with van der Waals surface area (Å²) < 4.78 is 27.0. The third kappa shape index (κ3) is 3.89. The second-order valence-electron chi connectivity index (χ2n) is 3.93. The SMILES string of the molecule is O=S(=O)(Nc1ccc(Cl)c(Cl)c1)c1cc(Cl)c(Cl)cc1Cl. The van der Waals surface area contributed by atoms with Gasteiger partial charge in [-0.3, -0.25) is 4.72 Å². The molecule has 2 aromatic rings. The third-order valence-corrected chi connectivity index (χ3v) is 5.74. The van der Waals surface area contributed by atoms with Gasteiger partial charge in [0.2, 0.25) is 0 Å². The van der Waals surface area contributed by atoms with E-state index in [1.165, 1.54) is 30.3 Å². The predicted molar refractivity (Wildman–Crippen MR) is 88.7 cm³/mol.